The van der Waals surface area contributed by atoms with Crippen molar-refractivity contribution >= 4 is 12.1 Å². The number of carbonyl (C=O) groups excluding carboxylic acids is 2. The lowest BCUT2D eigenvalue weighted by Gasteiger charge is -2.13. The quantitative estimate of drug-likeness (QED) is 0.510. The standard InChI is InChI=1S/C13H25NO4/c1-4-6-7-8-10-17-12(15)11(3)14-13(16)18-9-5-2/h11H,4-10H2,1-3H3,(H,14,16)/t11-/m0/s1. The highest BCUT2D eigenvalue weighted by atomic mass is 16.6. The molecule has 0 aromatic heterocycles. The molecule has 0 bridgehead atoms. The van der Waals surface area contributed by atoms with Gasteiger partial charge in [0.25, 0.3) is 0 Å². The molecular formula is C13H25NO4. The minimum absolute atomic E-state index is 0.352. The molecule has 106 valence electrons. The maximum Gasteiger partial charge on any atom is 0.407 e. The molecule has 5 nitrogen and oxygen atoms in total. The molecule has 0 aliphatic rings. The number of hydrogen-bond acceptors (Lipinski definition) is 4. The first-order chi connectivity index (χ1) is 8.61. The fraction of sp³-hybridized carbons (Fsp3) is 0.846. The van der Waals surface area contributed by atoms with Crippen LogP contribution >= 0.6 is 0 Å². The van der Waals surface area contributed by atoms with Gasteiger partial charge in [-0.3, -0.25) is 0 Å². The molecule has 0 aromatic rings. The van der Waals surface area contributed by atoms with E-state index in [1.165, 1.54) is 0 Å². The Morgan fingerprint density at radius 1 is 1.00 bits per heavy atom. The van der Waals surface area contributed by atoms with Gasteiger partial charge in [-0.05, 0) is 19.8 Å². The smallest absolute Gasteiger partial charge is 0.407 e. The van der Waals surface area contributed by atoms with Gasteiger partial charge in [-0.25, -0.2) is 9.59 Å². The molecule has 1 amide bonds. The Balaban J connectivity index is 3.65. The van der Waals surface area contributed by atoms with Gasteiger partial charge in [0, 0.05) is 0 Å². The molecule has 0 fully saturated rings. The molecule has 0 saturated heterocycles. The Bertz CT molecular complexity index is 243. The second-order valence-electron chi connectivity index (χ2n) is 4.23. The first kappa shape index (κ1) is 16.7. The predicted octanol–water partition coefficient (Wildman–Crippen LogP) is 2.63. The van der Waals surface area contributed by atoms with E-state index in [4.69, 9.17) is 9.47 Å². The van der Waals surface area contributed by atoms with Crippen molar-refractivity contribution in [2.24, 2.45) is 0 Å². The van der Waals surface area contributed by atoms with Crippen LogP contribution in [0, 0.1) is 0 Å². The first-order valence-electron chi connectivity index (χ1n) is 6.71. The maximum atomic E-state index is 11.5. The number of amides is 1. The zero-order chi connectivity index (χ0) is 13.8. The van der Waals surface area contributed by atoms with E-state index in [0.717, 1.165) is 32.1 Å². The Labute approximate surface area is 109 Å². The van der Waals surface area contributed by atoms with Gasteiger partial charge in [-0.1, -0.05) is 33.1 Å². The Kier molecular flexibility index (Phi) is 10.1. The summed E-state index contributed by atoms with van der Waals surface area (Å²) in [7, 11) is 0. The molecule has 1 atom stereocenters. The highest BCUT2D eigenvalue weighted by Gasteiger charge is 2.17. The Hall–Kier alpha value is -1.26. The number of hydrogen-bond donors (Lipinski definition) is 1. The van der Waals surface area contributed by atoms with Gasteiger partial charge in [0.1, 0.15) is 6.04 Å². The fourth-order valence-electron chi connectivity index (χ4n) is 1.30. The van der Waals surface area contributed by atoms with E-state index in [-0.39, 0.29) is 0 Å². The van der Waals surface area contributed by atoms with Crippen molar-refractivity contribution in [2.45, 2.75) is 58.9 Å². The van der Waals surface area contributed by atoms with Crippen LogP contribution in [0.1, 0.15) is 52.9 Å². The summed E-state index contributed by atoms with van der Waals surface area (Å²) < 4.78 is 9.86. The maximum absolute atomic E-state index is 11.5. The summed E-state index contributed by atoms with van der Waals surface area (Å²) in [5, 5.41) is 2.43. The van der Waals surface area contributed by atoms with Crippen LogP contribution in [-0.4, -0.2) is 31.3 Å². The molecule has 0 aliphatic carbocycles. The Morgan fingerprint density at radius 2 is 1.72 bits per heavy atom. The van der Waals surface area contributed by atoms with Crippen LogP contribution in [0.2, 0.25) is 0 Å². The summed E-state index contributed by atoms with van der Waals surface area (Å²) in [5.41, 5.74) is 0. The zero-order valence-electron chi connectivity index (χ0n) is 11.7. The van der Waals surface area contributed by atoms with Crippen molar-refractivity contribution in [3.63, 3.8) is 0 Å². The lowest BCUT2D eigenvalue weighted by molar-refractivity contribution is -0.145. The number of alkyl carbamates (subject to hydrolysis) is 1. The van der Waals surface area contributed by atoms with Crippen molar-refractivity contribution in [1.82, 2.24) is 5.32 Å². The number of esters is 1. The molecule has 0 aliphatic heterocycles. The molecule has 18 heavy (non-hydrogen) atoms. The minimum Gasteiger partial charge on any atom is -0.464 e. The summed E-state index contributed by atoms with van der Waals surface area (Å²) in [4.78, 5) is 22.7. The number of rotatable bonds is 9. The normalized spacial score (nSPS) is 11.7. The molecule has 0 spiro atoms. The summed E-state index contributed by atoms with van der Waals surface area (Å²) in [6.45, 7) is 6.38. The predicted molar refractivity (Wildman–Crippen MR) is 69.3 cm³/mol. The summed E-state index contributed by atoms with van der Waals surface area (Å²) in [5.74, 6) is -0.417. The van der Waals surface area contributed by atoms with Gasteiger partial charge in [-0.2, -0.15) is 0 Å². The Morgan fingerprint density at radius 3 is 2.33 bits per heavy atom. The van der Waals surface area contributed by atoms with Gasteiger partial charge in [0.15, 0.2) is 0 Å². The van der Waals surface area contributed by atoms with Crippen LogP contribution in [-0.2, 0) is 14.3 Å². The highest BCUT2D eigenvalue weighted by molar-refractivity contribution is 5.80. The molecule has 0 heterocycles. The molecule has 0 rings (SSSR count). The molecule has 5 heteroatoms. The third kappa shape index (κ3) is 8.84. The van der Waals surface area contributed by atoms with E-state index in [9.17, 15) is 9.59 Å². The van der Waals surface area contributed by atoms with Gasteiger partial charge in [-0.15, -0.1) is 0 Å². The number of nitrogens with one attached hydrogen (secondary N) is 1. The zero-order valence-corrected chi connectivity index (χ0v) is 11.7. The number of ether oxygens (including phenoxy) is 2. The third-order valence-electron chi connectivity index (χ3n) is 2.37. The van der Waals surface area contributed by atoms with Crippen molar-refractivity contribution in [2.75, 3.05) is 13.2 Å². The minimum atomic E-state index is -0.666. The van der Waals surface area contributed by atoms with E-state index < -0.39 is 18.1 Å². The van der Waals surface area contributed by atoms with Gasteiger partial charge in [0.2, 0.25) is 0 Å². The van der Waals surface area contributed by atoms with Gasteiger partial charge in [0.05, 0.1) is 13.2 Å². The fourth-order valence-corrected chi connectivity index (χ4v) is 1.30. The molecular weight excluding hydrogens is 234 g/mol. The largest absolute Gasteiger partial charge is 0.464 e. The lowest BCUT2D eigenvalue weighted by atomic mass is 10.2. The van der Waals surface area contributed by atoms with E-state index in [1.54, 1.807) is 6.92 Å². The molecule has 0 radical (unpaired) electrons. The molecule has 0 saturated carbocycles. The summed E-state index contributed by atoms with van der Waals surface area (Å²) >= 11 is 0. The van der Waals surface area contributed by atoms with Gasteiger partial charge < -0.3 is 14.8 Å². The SMILES string of the molecule is CCCCCCOC(=O)[C@H](C)NC(=O)OCCC. The van der Waals surface area contributed by atoms with Crippen molar-refractivity contribution < 1.29 is 19.1 Å². The van der Waals surface area contributed by atoms with Crippen LogP contribution in [0.3, 0.4) is 0 Å². The highest BCUT2D eigenvalue weighted by Crippen LogP contribution is 2.00. The summed E-state index contributed by atoms with van der Waals surface area (Å²) in [6.07, 6.45) is 4.40. The van der Waals surface area contributed by atoms with Crippen LogP contribution in [0.4, 0.5) is 4.79 Å². The van der Waals surface area contributed by atoms with Crippen LogP contribution < -0.4 is 5.32 Å². The second kappa shape index (κ2) is 10.9. The van der Waals surface area contributed by atoms with Gasteiger partial charge >= 0.3 is 12.1 Å². The summed E-state index contributed by atoms with van der Waals surface area (Å²) in [6, 6.07) is -0.666. The van der Waals surface area contributed by atoms with E-state index in [0.29, 0.717) is 13.2 Å². The lowest BCUT2D eigenvalue weighted by Crippen LogP contribution is -2.40. The van der Waals surface area contributed by atoms with Crippen molar-refractivity contribution in [1.29, 1.82) is 0 Å². The molecule has 0 unspecified atom stereocenters. The number of unbranched alkanes of at least 4 members (excludes halogenated alkanes) is 3. The van der Waals surface area contributed by atoms with Crippen LogP contribution in [0.25, 0.3) is 0 Å². The van der Waals surface area contributed by atoms with Crippen LogP contribution in [0.5, 0.6) is 0 Å². The second-order valence-corrected chi connectivity index (χ2v) is 4.23. The van der Waals surface area contributed by atoms with Crippen LogP contribution in [0.15, 0.2) is 0 Å². The van der Waals surface area contributed by atoms with Crippen molar-refractivity contribution in [3.8, 4) is 0 Å². The average molecular weight is 259 g/mol. The van der Waals surface area contributed by atoms with E-state index >= 15 is 0 Å². The molecule has 0 aromatic carbocycles. The topological polar surface area (TPSA) is 64.6 Å². The first-order valence-corrected chi connectivity index (χ1v) is 6.71. The van der Waals surface area contributed by atoms with E-state index in [2.05, 4.69) is 12.2 Å². The third-order valence-corrected chi connectivity index (χ3v) is 2.37. The molecule has 1 N–H and O–H groups in total. The van der Waals surface area contributed by atoms with Crippen molar-refractivity contribution in [3.05, 3.63) is 0 Å². The number of carbonyl (C=O) groups is 2. The average Bonchev–Trinajstić information content (AvgIpc) is 2.35. The monoisotopic (exact) mass is 259 g/mol. The van der Waals surface area contributed by atoms with E-state index in [1.807, 2.05) is 6.92 Å².